The first-order valence-corrected chi connectivity index (χ1v) is 12.3. The topological polar surface area (TPSA) is 58.2 Å². The van der Waals surface area contributed by atoms with Crippen LogP contribution >= 0.6 is 0 Å². The summed E-state index contributed by atoms with van der Waals surface area (Å²) in [5.74, 6) is 2.44. The van der Waals surface area contributed by atoms with Crippen molar-refractivity contribution in [3.63, 3.8) is 0 Å². The fraction of sp³-hybridized carbons (Fsp3) is 0.500. The van der Waals surface area contributed by atoms with Crippen LogP contribution in [0, 0.1) is 23.2 Å². The summed E-state index contributed by atoms with van der Waals surface area (Å²) < 4.78 is 0. The second kappa shape index (κ2) is 9.09. The standard InChI is InChI=1S/C28H34N2O2/c31-26(30-25(24-9-5-2-6-10-24)16-20-7-3-1-4-8-20)11-12-29-27(32)28-17-21-13-22(18-28)15-23(14-21)19-28/h1-10,21-23,25H,11-19H2,(H,29,32)(H,30,31). The maximum Gasteiger partial charge on any atom is 0.226 e. The van der Waals surface area contributed by atoms with Gasteiger partial charge in [0.15, 0.2) is 0 Å². The summed E-state index contributed by atoms with van der Waals surface area (Å²) in [6.45, 7) is 0.416. The van der Waals surface area contributed by atoms with Gasteiger partial charge in [0.1, 0.15) is 0 Å². The first-order chi connectivity index (χ1) is 15.6. The first kappa shape index (κ1) is 21.2. The van der Waals surface area contributed by atoms with Crippen molar-refractivity contribution in [2.75, 3.05) is 6.54 Å². The zero-order valence-electron chi connectivity index (χ0n) is 18.8. The van der Waals surface area contributed by atoms with Crippen LogP contribution in [0.25, 0.3) is 0 Å². The van der Waals surface area contributed by atoms with Gasteiger partial charge in [-0.2, -0.15) is 0 Å². The van der Waals surface area contributed by atoms with E-state index < -0.39 is 0 Å². The summed E-state index contributed by atoms with van der Waals surface area (Å²) in [6, 6.07) is 20.3. The molecule has 6 rings (SSSR count). The fourth-order valence-electron chi connectivity index (χ4n) is 6.92. The van der Waals surface area contributed by atoms with E-state index in [4.69, 9.17) is 0 Å². The van der Waals surface area contributed by atoms with E-state index in [0.717, 1.165) is 49.0 Å². The lowest BCUT2D eigenvalue weighted by Crippen LogP contribution is -2.53. The third-order valence-corrected chi connectivity index (χ3v) is 7.98. The smallest absolute Gasteiger partial charge is 0.226 e. The highest BCUT2D eigenvalue weighted by atomic mass is 16.2. The van der Waals surface area contributed by atoms with Gasteiger partial charge in [0.05, 0.1) is 6.04 Å². The van der Waals surface area contributed by atoms with Crippen molar-refractivity contribution in [2.45, 2.75) is 57.4 Å². The Morgan fingerprint density at radius 3 is 2.00 bits per heavy atom. The van der Waals surface area contributed by atoms with Gasteiger partial charge < -0.3 is 10.6 Å². The van der Waals surface area contributed by atoms with Crippen molar-refractivity contribution >= 4 is 11.8 Å². The molecule has 0 radical (unpaired) electrons. The lowest BCUT2D eigenvalue weighted by Gasteiger charge is -2.55. The van der Waals surface area contributed by atoms with Crippen LogP contribution < -0.4 is 10.6 Å². The summed E-state index contributed by atoms with van der Waals surface area (Å²) in [6.07, 6.45) is 8.23. The Hall–Kier alpha value is -2.62. The normalized spacial score (nSPS) is 28.8. The molecule has 4 aliphatic carbocycles. The minimum atomic E-state index is -0.148. The Morgan fingerprint density at radius 1 is 0.844 bits per heavy atom. The number of carbonyl (C=O) groups excluding carboxylic acids is 2. The molecule has 2 aromatic rings. The molecule has 2 aromatic carbocycles. The maximum absolute atomic E-state index is 13.1. The van der Waals surface area contributed by atoms with Crippen LogP contribution in [0.15, 0.2) is 60.7 Å². The Kier molecular flexibility index (Phi) is 6.03. The second-order valence-corrected chi connectivity index (χ2v) is 10.4. The fourth-order valence-corrected chi connectivity index (χ4v) is 6.92. The lowest BCUT2D eigenvalue weighted by atomic mass is 9.49. The van der Waals surface area contributed by atoms with Crippen molar-refractivity contribution in [2.24, 2.45) is 23.2 Å². The van der Waals surface area contributed by atoms with Gasteiger partial charge in [-0.3, -0.25) is 9.59 Å². The van der Waals surface area contributed by atoms with Crippen LogP contribution in [0.5, 0.6) is 0 Å². The number of hydrogen-bond acceptors (Lipinski definition) is 2. The molecule has 2 N–H and O–H groups in total. The van der Waals surface area contributed by atoms with Gasteiger partial charge in [-0.05, 0) is 73.8 Å². The average Bonchev–Trinajstić information content (AvgIpc) is 2.79. The van der Waals surface area contributed by atoms with Gasteiger partial charge in [-0.1, -0.05) is 60.7 Å². The number of carbonyl (C=O) groups is 2. The predicted molar refractivity (Wildman–Crippen MR) is 126 cm³/mol. The minimum Gasteiger partial charge on any atom is -0.355 e. The molecule has 1 atom stereocenters. The number of benzene rings is 2. The van der Waals surface area contributed by atoms with E-state index >= 15 is 0 Å². The van der Waals surface area contributed by atoms with Crippen molar-refractivity contribution < 1.29 is 9.59 Å². The third-order valence-electron chi connectivity index (χ3n) is 7.98. The maximum atomic E-state index is 13.1. The molecule has 4 heteroatoms. The highest BCUT2D eigenvalue weighted by molar-refractivity contribution is 5.84. The lowest BCUT2D eigenvalue weighted by molar-refractivity contribution is -0.146. The van der Waals surface area contributed by atoms with Crippen LogP contribution in [0.4, 0.5) is 0 Å². The van der Waals surface area contributed by atoms with E-state index in [1.807, 2.05) is 36.4 Å². The van der Waals surface area contributed by atoms with Gasteiger partial charge >= 0.3 is 0 Å². The summed E-state index contributed by atoms with van der Waals surface area (Å²) in [4.78, 5) is 25.9. The molecule has 4 saturated carbocycles. The van der Waals surface area contributed by atoms with Gasteiger partial charge in [0, 0.05) is 18.4 Å². The van der Waals surface area contributed by atoms with E-state index in [1.165, 1.54) is 24.8 Å². The zero-order valence-corrected chi connectivity index (χ0v) is 18.8. The number of amides is 2. The predicted octanol–water partition coefficient (Wildman–Crippen LogP) is 4.81. The molecule has 0 aromatic heterocycles. The van der Waals surface area contributed by atoms with E-state index in [9.17, 15) is 9.59 Å². The highest BCUT2D eigenvalue weighted by Crippen LogP contribution is 2.60. The van der Waals surface area contributed by atoms with Gasteiger partial charge in [0.2, 0.25) is 11.8 Å². The van der Waals surface area contributed by atoms with Crippen molar-refractivity contribution in [3.8, 4) is 0 Å². The molecule has 4 nitrogen and oxygen atoms in total. The van der Waals surface area contributed by atoms with Crippen LogP contribution in [-0.2, 0) is 16.0 Å². The molecule has 0 spiro atoms. The number of hydrogen-bond donors (Lipinski definition) is 2. The number of nitrogens with one attached hydrogen (secondary N) is 2. The average molecular weight is 431 g/mol. The van der Waals surface area contributed by atoms with Crippen LogP contribution in [0.2, 0.25) is 0 Å². The first-order valence-electron chi connectivity index (χ1n) is 12.3. The Bertz CT molecular complexity index is 905. The Labute approximate surface area is 191 Å². The van der Waals surface area contributed by atoms with E-state index in [0.29, 0.717) is 13.0 Å². The largest absolute Gasteiger partial charge is 0.355 e. The van der Waals surface area contributed by atoms with Gasteiger partial charge in [0.25, 0.3) is 0 Å². The molecule has 2 amide bonds. The molecule has 1 unspecified atom stereocenters. The van der Waals surface area contributed by atoms with Crippen molar-refractivity contribution in [3.05, 3.63) is 71.8 Å². The monoisotopic (exact) mass is 430 g/mol. The summed E-state index contributed by atoms with van der Waals surface area (Å²) in [5.41, 5.74) is 2.14. The summed E-state index contributed by atoms with van der Waals surface area (Å²) in [5, 5.41) is 6.33. The molecule has 168 valence electrons. The van der Waals surface area contributed by atoms with Crippen LogP contribution in [0.1, 0.15) is 62.1 Å². The van der Waals surface area contributed by atoms with Crippen molar-refractivity contribution in [1.82, 2.24) is 10.6 Å². The van der Waals surface area contributed by atoms with Gasteiger partial charge in [-0.15, -0.1) is 0 Å². The van der Waals surface area contributed by atoms with E-state index in [1.54, 1.807) is 0 Å². The van der Waals surface area contributed by atoms with Gasteiger partial charge in [-0.25, -0.2) is 0 Å². The molecular formula is C28H34N2O2. The Morgan fingerprint density at radius 2 is 1.41 bits per heavy atom. The van der Waals surface area contributed by atoms with Crippen molar-refractivity contribution in [1.29, 1.82) is 0 Å². The Balaban J connectivity index is 1.16. The molecule has 0 saturated heterocycles. The summed E-state index contributed by atoms with van der Waals surface area (Å²) >= 11 is 0. The summed E-state index contributed by atoms with van der Waals surface area (Å²) in [7, 11) is 0. The van der Waals surface area contributed by atoms with Crippen LogP contribution in [0.3, 0.4) is 0 Å². The SMILES string of the molecule is O=C(CCNC(=O)C12CC3CC(CC(C3)C1)C2)NC(Cc1ccccc1)c1ccccc1. The minimum absolute atomic E-state index is 0.0133. The highest BCUT2D eigenvalue weighted by Gasteiger charge is 2.54. The van der Waals surface area contributed by atoms with Crippen LogP contribution in [-0.4, -0.2) is 18.4 Å². The molecule has 0 aliphatic heterocycles. The molecule has 4 aliphatic rings. The molecule has 32 heavy (non-hydrogen) atoms. The molecule has 4 fully saturated rings. The molecule has 4 bridgehead atoms. The third kappa shape index (κ3) is 4.60. The number of rotatable bonds is 8. The molecule has 0 heterocycles. The second-order valence-electron chi connectivity index (χ2n) is 10.4. The quantitative estimate of drug-likeness (QED) is 0.631. The zero-order chi connectivity index (χ0) is 22.0. The van der Waals surface area contributed by atoms with E-state index in [-0.39, 0.29) is 23.3 Å². The molecular weight excluding hydrogens is 396 g/mol. The van der Waals surface area contributed by atoms with E-state index in [2.05, 4.69) is 34.9 Å².